The quantitative estimate of drug-likeness (QED) is 0.645. The molecule has 0 spiro atoms. The zero-order valence-corrected chi connectivity index (χ0v) is 9.21. The van der Waals surface area contributed by atoms with Crippen molar-refractivity contribution in [1.82, 2.24) is 5.32 Å². The SMILES string of the molecule is O=C(COC1CCCCC1)NCCCO. The fourth-order valence-electron chi connectivity index (χ4n) is 1.78. The summed E-state index contributed by atoms with van der Waals surface area (Å²) in [6.07, 6.45) is 6.79. The first-order valence-electron chi connectivity index (χ1n) is 5.82. The first-order valence-corrected chi connectivity index (χ1v) is 5.82. The Balaban J connectivity index is 2.00. The van der Waals surface area contributed by atoms with E-state index in [1.54, 1.807) is 0 Å². The van der Waals surface area contributed by atoms with E-state index >= 15 is 0 Å². The van der Waals surface area contributed by atoms with Gasteiger partial charge in [0.25, 0.3) is 0 Å². The lowest BCUT2D eigenvalue weighted by atomic mass is 9.98. The van der Waals surface area contributed by atoms with Crippen molar-refractivity contribution >= 4 is 5.91 Å². The van der Waals surface area contributed by atoms with Crippen LogP contribution < -0.4 is 5.32 Å². The molecule has 0 aromatic carbocycles. The summed E-state index contributed by atoms with van der Waals surface area (Å²) in [6, 6.07) is 0. The van der Waals surface area contributed by atoms with Gasteiger partial charge in [0.2, 0.25) is 5.91 Å². The number of carbonyl (C=O) groups excluding carboxylic acids is 1. The number of aliphatic hydroxyl groups excluding tert-OH is 1. The van der Waals surface area contributed by atoms with Crippen LogP contribution in [0.15, 0.2) is 0 Å². The summed E-state index contributed by atoms with van der Waals surface area (Å²) < 4.78 is 5.50. The second-order valence-corrected chi connectivity index (χ2v) is 4.00. The van der Waals surface area contributed by atoms with Crippen molar-refractivity contribution in [3.63, 3.8) is 0 Å². The maximum atomic E-state index is 11.2. The number of hydrogen-bond acceptors (Lipinski definition) is 3. The van der Waals surface area contributed by atoms with E-state index in [0.29, 0.717) is 13.0 Å². The summed E-state index contributed by atoms with van der Waals surface area (Å²) in [6.45, 7) is 0.809. The van der Waals surface area contributed by atoms with Crippen molar-refractivity contribution in [3.8, 4) is 0 Å². The van der Waals surface area contributed by atoms with Gasteiger partial charge in [-0.1, -0.05) is 19.3 Å². The fourth-order valence-corrected chi connectivity index (χ4v) is 1.78. The van der Waals surface area contributed by atoms with Gasteiger partial charge in [-0.3, -0.25) is 4.79 Å². The minimum absolute atomic E-state index is 0.0750. The average Bonchev–Trinajstić information content (AvgIpc) is 2.28. The van der Waals surface area contributed by atoms with Gasteiger partial charge in [-0.05, 0) is 19.3 Å². The maximum absolute atomic E-state index is 11.2. The van der Waals surface area contributed by atoms with Crippen LogP contribution in [0.2, 0.25) is 0 Å². The zero-order valence-electron chi connectivity index (χ0n) is 9.21. The Morgan fingerprint density at radius 2 is 2.07 bits per heavy atom. The van der Waals surface area contributed by atoms with Gasteiger partial charge in [0.05, 0.1) is 6.10 Å². The van der Waals surface area contributed by atoms with Gasteiger partial charge in [0.15, 0.2) is 0 Å². The summed E-state index contributed by atoms with van der Waals surface area (Å²) in [5.41, 5.74) is 0. The monoisotopic (exact) mass is 215 g/mol. The van der Waals surface area contributed by atoms with Crippen molar-refractivity contribution in [2.75, 3.05) is 19.8 Å². The lowest BCUT2D eigenvalue weighted by molar-refractivity contribution is -0.128. The summed E-state index contributed by atoms with van der Waals surface area (Å²) in [5.74, 6) is -0.0750. The van der Waals surface area contributed by atoms with Crippen LogP contribution >= 0.6 is 0 Å². The van der Waals surface area contributed by atoms with Crippen molar-refractivity contribution in [1.29, 1.82) is 0 Å². The number of ether oxygens (including phenoxy) is 1. The Hall–Kier alpha value is -0.610. The zero-order chi connectivity index (χ0) is 10.9. The second-order valence-electron chi connectivity index (χ2n) is 4.00. The molecule has 0 radical (unpaired) electrons. The number of rotatable bonds is 6. The van der Waals surface area contributed by atoms with Crippen LogP contribution in [-0.4, -0.2) is 36.9 Å². The van der Waals surface area contributed by atoms with E-state index in [9.17, 15) is 4.79 Å². The van der Waals surface area contributed by atoms with Crippen molar-refractivity contribution < 1.29 is 14.6 Å². The van der Waals surface area contributed by atoms with Crippen molar-refractivity contribution in [3.05, 3.63) is 0 Å². The highest BCUT2D eigenvalue weighted by Crippen LogP contribution is 2.19. The van der Waals surface area contributed by atoms with Crippen LogP contribution in [0.3, 0.4) is 0 Å². The van der Waals surface area contributed by atoms with Gasteiger partial charge >= 0.3 is 0 Å². The highest BCUT2D eigenvalue weighted by atomic mass is 16.5. The van der Waals surface area contributed by atoms with E-state index in [2.05, 4.69) is 5.32 Å². The number of hydrogen-bond donors (Lipinski definition) is 2. The first-order chi connectivity index (χ1) is 7.33. The molecule has 1 saturated carbocycles. The van der Waals surface area contributed by atoms with Crippen LogP contribution in [-0.2, 0) is 9.53 Å². The molecule has 1 amide bonds. The summed E-state index contributed by atoms with van der Waals surface area (Å²) in [5, 5.41) is 11.2. The predicted octanol–water partition coefficient (Wildman–Crippen LogP) is 0.834. The normalized spacial score (nSPS) is 17.7. The molecular formula is C11H21NO3. The molecule has 0 saturated heterocycles. The maximum Gasteiger partial charge on any atom is 0.246 e. The lowest BCUT2D eigenvalue weighted by Crippen LogP contribution is -2.31. The Bertz CT molecular complexity index is 179. The van der Waals surface area contributed by atoms with E-state index in [4.69, 9.17) is 9.84 Å². The number of aliphatic hydroxyl groups is 1. The Labute approximate surface area is 91.0 Å². The van der Waals surface area contributed by atoms with Crippen LogP contribution in [0.4, 0.5) is 0 Å². The molecule has 0 bridgehead atoms. The molecule has 0 heterocycles. The van der Waals surface area contributed by atoms with Crippen molar-refractivity contribution in [2.24, 2.45) is 0 Å². The number of carbonyl (C=O) groups is 1. The summed E-state index contributed by atoms with van der Waals surface area (Å²) in [7, 11) is 0. The molecular weight excluding hydrogens is 194 g/mol. The van der Waals surface area contributed by atoms with Crippen LogP contribution in [0.5, 0.6) is 0 Å². The Morgan fingerprint density at radius 1 is 1.33 bits per heavy atom. The highest BCUT2D eigenvalue weighted by molar-refractivity contribution is 5.77. The summed E-state index contributed by atoms with van der Waals surface area (Å²) >= 11 is 0. The molecule has 2 N–H and O–H groups in total. The van der Waals surface area contributed by atoms with E-state index < -0.39 is 0 Å². The van der Waals surface area contributed by atoms with Gasteiger partial charge in [0, 0.05) is 13.2 Å². The van der Waals surface area contributed by atoms with Crippen molar-refractivity contribution in [2.45, 2.75) is 44.6 Å². The molecule has 15 heavy (non-hydrogen) atoms. The largest absolute Gasteiger partial charge is 0.396 e. The molecule has 1 aliphatic carbocycles. The topological polar surface area (TPSA) is 58.6 Å². The molecule has 4 heteroatoms. The molecule has 0 unspecified atom stereocenters. The number of nitrogens with one attached hydrogen (secondary N) is 1. The minimum atomic E-state index is -0.0750. The molecule has 0 aromatic heterocycles. The second kappa shape index (κ2) is 7.65. The van der Waals surface area contributed by atoms with E-state index in [0.717, 1.165) is 12.8 Å². The van der Waals surface area contributed by atoms with Gasteiger partial charge in [0.1, 0.15) is 6.61 Å². The van der Waals surface area contributed by atoms with Crippen LogP contribution in [0.1, 0.15) is 38.5 Å². The Kier molecular flexibility index (Phi) is 6.36. The first kappa shape index (κ1) is 12.5. The molecule has 1 aliphatic rings. The van der Waals surface area contributed by atoms with Crippen LogP contribution in [0, 0.1) is 0 Å². The summed E-state index contributed by atoms with van der Waals surface area (Å²) in [4.78, 5) is 11.2. The van der Waals surface area contributed by atoms with Gasteiger partial charge in [-0.2, -0.15) is 0 Å². The lowest BCUT2D eigenvalue weighted by Gasteiger charge is -2.21. The van der Waals surface area contributed by atoms with E-state index in [-0.39, 0.29) is 25.2 Å². The predicted molar refractivity (Wildman–Crippen MR) is 57.5 cm³/mol. The highest BCUT2D eigenvalue weighted by Gasteiger charge is 2.14. The third-order valence-electron chi connectivity index (χ3n) is 2.66. The average molecular weight is 215 g/mol. The van der Waals surface area contributed by atoms with Gasteiger partial charge < -0.3 is 15.2 Å². The minimum Gasteiger partial charge on any atom is -0.396 e. The molecule has 88 valence electrons. The number of amides is 1. The molecule has 4 nitrogen and oxygen atoms in total. The molecule has 0 atom stereocenters. The fraction of sp³-hybridized carbons (Fsp3) is 0.909. The third kappa shape index (κ3) is 5.74. The molecule has 1 fully saturated rings. The smallest absolute Gasteiger partial charge is 0.246 e. The van der Waals surface area contributed by atoms with Crippen LogP contribution in [0.25, 0.3) is 0 Å². The van der Waals surface area contributed by atoms with E-state index in [1.807, 2.05) is 0 Å². The van der Waals surface area contributed by atoms with Gasteiger partial charge in [-0.25, -0.2) is 0 Å². The Morgan fingerprint density at radius 3 is 2.73 bits per heavy atom. The third-order valence-corrected chi connectivity index (χ3v) is 2.66. The molecule has 0 aliphatic heterocycles. The molecule has 1 rings (SSSR count). The standard InChI is InChI=1S/C11H21NO3/c13-8-4-7-12-11(14)9-15-10-5-2-1-3-6-10/h10,13H,1-9H2,(H,12,14). The molecule has 0 aromatic rings. The van der Waals surface area contributed by atoms with Gasteiger partial charge in [-0.15, -0.1) is 0 Å². The van der Waals surface area contributed by atoms with E-state index in [1.165, 1.54) is 19.3 Å².